The average molecular weight is 574 g/mol. The van der Waals surface area contributed by atoms with Gasteiger partial charge in [-0.15, -0.1) is 0 Å². The second-order valence-corrected chi connectivity index (χ2v) is 11.5. The van der Waals surface area contributed by atoms with E-state index >= 15 is 0 Å². The number of hydrogen-bond acceptors (Lipinski definition) is 5. The van der Waals surface area contributed by atoms with Gasteiger partial charge in [0.15, 0.2) is 0 Å². The van der Waals surface area contributed by atoms with Gasteiger partial charge in [0.1, 0.15) is 23.4 Å². The number of carbonyl (C=O) groups is 3. The van der Waals surface area contributed by atoms with Crippen LogP contribution in [0.25, 0.3) is 0 Å². The fourth-order valence-corrected chi connectivity index (χ4v) is 4.67. The predicted octanol–water partition coefficient (Wildman–Crippen LogP) is 6.45. The number of unbranched alkanes of at least 4 members (excludes halogenated alkanes) is 1. The number of anilines is 1. The van der Waals surface area contributed by atoms with Gasteiger partial charge in [-0.2, -0.15) is 0 Å². The molecule has 0 aliphatic heterocycles. The number of para-hydroxylation sites is 1. The third-order valence-corrected chi connectivity index (χ3v) is 6.85. The lowest BCUT2D eigenvalue weighted by atomic mass is 9.96. The summed E-state index contributed by atoms with van der Waals surface area (Å²) in [6, 6.07) is 19.5. The third-order valence-electron chi connectivity index (χ3n) is 6.85. The topological polar surface area (TPSA) is 108 Å². The summed E-state index contributed by atoms with van der Waals surface area (Å²) in [6.07, 6.45) is 0.864. The monoisotopic (exact) mass is 573 g/mol. The molecular weight excluding hydrogens is 530 g/mol. The number of phenols is 1. The van der Waals surface area contributed by atoms with Crippen molar-refractivity contribution in [2.45, 2.75) is 78.5 Å². The summed E-state index contributed by atoms with van der Waals surface area (Å²) in [5, 5.41) is 15.6. The zero-order chi connectivity index (χ0) is 30.9. The Morgan fingerprint density at radius 2 is 1.52 bits per heavy atom. The van der Waals surface area contributed by atoms with Crippen LogP contribution in [0.15, 0.2) is 72.8 Å². The Morgan fingerprint density at radius 1 is 0.905 bits per heavy atom. The van der Waals surface area contributed by atoms with Crippen molar-refractivity contribution in [2.24, 2.45) is 0 Å². The maximum atomic E-state index is 14.5. The molecule has 42 heavy (non-hydrogen) atoms. The van der Waals surface area contributed by atoms with Crippen LogP contribution in [0.1, 0.15) is 68.8 Å². The summed E-state index contributed by atoms with van der Waals surface area (Å²) in [5.41, 5.74) is 3.10. The Bertz CT molecular complexity index is 1360. The van der Waals surface area contributed by atoms with Crippen molar-refractivity contribution in [3.05, 3.63) is 95.1 Å². The number of alkyl carbamates (subject to hydrolysis) is 1. The minimum absolute atomic E-state index is 0.0961. The number of aryl methyl sites for hydroxylation is 2. The second kappa shape index (κ2) is 14.5. The molecule has 3 aromatic carbocycles. The van der Waals surface area contributed by atoms with Crippen molar-refractivity contribution in [1.29, 1.82) is 0 Å². The molecule has 2 atom stereocenters. The maximum Gasteiger partial charge on any atom is 0.408 e. The summed E-state index contributed by atoms with van der Waals surface area (Å²) < 4.78 is 5.50. The first-order valence-corrected chi connectivity index (χ1v) is 14.4. The highest BCUT2D eigenvalue weighted by Gasteiger charge is 2.37. The third kappa shape index (κ3) is 9.09. The fraction of sp³-hybridized carbons (Fsp3) is 0.382. The van der Waals surface area contributed by atoms with Crippen LogP contribution in [0.2, 0.25) is 0 Å². The van der Waals surface area contributed by atoms with Gasteiger partial charge in [-0.1, -0.05) is 67.9 Å². The fourth-order valence-electron chi connectivity index (χ4n) is 4.67. The van der Waals surface area contributed by atoms with Crippen LogP contribution < -0.4 is 10.6 Å². The van der Waals surface area contributed by atoms with Crippen LogP contribution in [0, 0.1) is 13.8 Å². The largest absolute Gasteiger partial charge is 0.508 e. The molecule has 0 spiro atoms. The first kappa shape index (κ1) is 32.2. The SMILES string of the molecule is CCCCN(C(=O)C(Cc1ccc(O)cc1)NC(=O)OC(C)(C)C)C(C(=O)Nc1ccccc1C)c1ccccc1C. The molecule has 224 valence electrons. The van der Waals surface area contributed by atoms with Crippen molar-refractivity contribution < 1.29 is 24.2 Å². The highest BCUT2D eigenvalue weighted by molar-refractivity contribution is 5.99. The van der Waals surface area contributed by atoms with E-state index in [4.69, 9.17) is 4.74 Å². The van der Waals surface area contributed by atoms with Gasteiger partial charge in [0.25, 0.3) is 5.91 Å². The number of nitrogens with zero attached hydrogens (tertiary/aromatic N) is 1. The Balaban J connectivity index is 2.07. The molecule has 3 amide bonds. The normalized spacial score (nSPS) is 12.6. The number of carbonyl (C=O) groups excluding carboxylic acids is 3. The zero-order valence-corrected chi connectivity index (χ0v) is 25.4. The Kier molecular flexibility index (Phi) is 11.1. The molecule has 0 radical (unpaired) electrons. The molecule has 0 fully saturated rings. The Labute approximate surface area is 249 Å². The van der Waals surface area contributed by atoms with E-state index in [0.29, 0.717) is 24.2 Å². The van der Waals surface area contributed by atoms with Gasteiger partial charge in [-0.3, -0.25) is 9.59 Å². The molecule has 0 aromatic heterocycles. The van der Waals surface area contributed by atoms with E-state index in [0.717, 1.165) is 23.1 Å². The van der Waals surface area contributed by atoms with E-state index in [1.807, 2.05) is 69.3 Å². The van der Waals surface area contributed by atoms with Crippen LogP contribution in [0.3, 0.4) is 0 Å². The first-order valence-electron chi connectivity index (χ1n) is 14.4. The van der Waals surface area contributed by atoms with Crippen molar-refractivity contribution in [1.82, 2.24) is 10.2 Å². The summed E-state index contributed by atoms with van der Waals surface area (Å²) in [7, 11) is 0. The van der Waals surface area contributed by atoms with Crippen molar-refractivity contribution in [3.63, 3.8) is 0 Å². The minimum Gasteiger partial charge on any atom is -0.508 e. The molecule has 3 N–H and O–H groups in total. The van der Waals surface area contributed by atoms with Gasteiger partial charge in [0, 0.05) is 18.7 Å². The van der Waals surface area contributed by atoms with Crippen molar-refractivity contribution >= 4 is 23.6 Å². The van der Waals surface area contributed by atoms with E-state index in [1.165, 1.54) is 12.1 Å². The number of nitrogens with one attached hydrogen (secondary N) is 2. The Morgan fingerprint density at radius 3 is 2.12 bits per heavy atom. The maximum absolute atomic E-state index is 14.5. The molecule has 3 rings (SSSR count). The van der Waals surface area contributed by atoms with E-state index in [2.05, 4.69) is 10.6 Å². The Hall–Kier alpha value is -4.33. The minimum atomic E-state index is -1.03. The molecular formula is C34H43N3O5. The molecule has 8 heteroatoms. The lowest BCUT2D eigenvalue weighted by Gasteiger charge is -2.35. The first-order chi connectivity index (χ1) is 19.9. The van der Waals surface area contributed by atoms with Crippen molar-refractivity contribution in [3.8, 4) is 5.75 Å². The van der Waals surface area contributed by atoms with Gasteiger partial charge in [0.2, 0.25) is 5.91 Å². The molecule has 0 aliphatic rings. The molecule has 8 nitrogen and oxygen atoms in total. The molecule has 2 unspecified atom stereocenters. The van der Waals surface area contributed by atoms with Gasteiger partial charge in [-0.05, 0) is 81.5 Å². The molecule has 0 aliphatic carbocycles. The number of ether oxygens (including phenoxy) is 1. The summed E-state index contributed by atoms with van der Waals surface area (Å²) >= 11 is 0. The lowest BCUT2D eigenvalue weighted by Crippen LogP contribution is -2.53. The highest BCUT2D eigenvalue weighted by Crippen LogP contribution is 2.28. The van der Waals surface area contributed by atoms with Crippen molar-refractivity contribution in [2.75, 3.05) is 11.9 Å². The van der Waals surface area contributed by atoms with Crippen LogP contribution in [0.4, 0.5) is 10.5 Å². The summed E-state index contributed by atoms with van der Waals surface area (Å²) in [6.45, 7) is 11.4. The standard InChI is InChI=1S/C34H43N3O5/c1-7-8-21-37(30(27-15-11-9-13-23(27)2)31(39)35-28-16-12-10-14-24(28)3)32(40)29(36-33(41)42-34(4,5)6)22-25-17-19-26(38)20-18-25/h9-20,29-30,38H,7-8,21-22H2,1-6H3,(H,35,39)(H,36,41). The smallest absolute Gasteiger partial charge is 0.408 e. The van der Waals surface area contributed by atoms with Gasteiger partial charge < -0.3 is 25.4 Å². The molecule has 0 heterocycles. The van der Waals surface area contributed by atoms with E-state index in [9.17, 15) is 19.5 Å². The van der Waals surface area contributed by atoms with E-state index in [1.54, 1.807) is 37.8 Å². The average Bonchev–Trinajstić information content (AvgIpc) is 2.92. The number of phenolic OH excluding ortho intramolecular Hbond substituents is 1. The predicted molar refractivity (Wildman–Crippen MR) is 165 cm³/mol. The molecule has 0 saturated carbocycles. The van der Waals surface area contributed by atoms with Crippen LogP contribution in [0.5, 0.6) is 5.75 Å². The van der Waals surface area contributed by atoms with Crippen LogP contribution >= 0.6 is 0 Å². The van der Waals surface area contributed by atoms with Crippen LogP contribution in [-0.2, 0) is 20.7 Å². The van der Waals surface area contributed by atoms with E-state index in [-0.39, 0.29) is 18.1 Å². The molecule has 3 aromatic rings. The summed E-state index contributed by atoms with van der Waals surface area (Å²) in [4.78, 5) is 43.1. The number of benzene rings is 3. The molecule has 0 bridgehead atoms. The zero-order valence-electron chi connectivity index (χ0n) is 25.4. The second-order valence-electron chi connectivity index (χ2n) is 11.5. The van der Waals surface area contributed by atoms with Gasteiger partial charge in [0.05, 0.1) is 0 Å². The number of aromatic hydroxyl groups is 1. The summed E-state index contributed by atoms with van der Waals surface area (Å²) in [5.74, 6) is -0.655. The highest BCUT2D eigenvalue weighted by atomic mass is 16.6. The van der Waals surface area contributed by atoms with Crippen LogP contribution in [-0.4, -0.2) is 46.1 Å². The lowest BCUT2D eigenvalue weighted by molar-refractivity contribution is -0.140. The number of rotatable bonds is 11. The number of hydrogen-bond donors (Lipinski definition) is 3. The van der Waals surface area contributed by atoms with Gasteiger partial charge >= 0.3 is 6.09 Å². The van der Waals surface area contributed by atoms with E-state index < -0.39 is 29.7 Å². The quantitative estimate of drug-likeness (QED) is 0.244. The molecule has 0 saturated heterocycles. The van der Waals surface area contributed by atoms with Gasteiger partial charge in [-0.25, -0.2) is 4.79 Å². The number of amides is 3.